The molecule has 27 heavy (non-hydrogen) atoms. The Kier molecular flexibility index (Phi) is 4.47. The maximum Gasteiger partial charge on any atom is 0.220 e. The fourth-order valence-electron chi connectivity index (χ4n) is 4.76. The molecule has 0 N–H and O–H groups in total. The fourth-order valence-corrected chi connectivity index (χ4v) is 4.76. The van der Waals surface area contributed by atoms with Crippen LogP contribution >= 0.6 is 0 Å². The first-order valence-corrected chi connectivity index (χ1v) is 9.54. The van der Waals surface area contributed by atoms with Crippen LogP contribution in [-0.4, -0.2) is 44.0 Å². The fraction of sp³-hybridized carbons (Fsp3) is 0.435. The van der Waals surface area contributed by atoms with Crippen molar-refractivity contribution in [2.24, 2.45) is 0 Å². The zero-order valence-corrected chi connectivity index (χ0v) is 16.5. The number of hydrogen-bond donors (Lipinski definition) is 0. The highest BCUT2D eigenvalue weighted by Crippen LogP contribution is 2.51. The number of carbonyl (C=O) groups excluding carboxylic acids is 1. The number of rotatable bonds is 4. The molecule has 1 spiro atoms. The van der Waals surface area contributed by atoms with Crippen LogP contribution in [0.5, 0.6) is 5.75 Å². The molecule has 1 fully saturated rings. The Balaban J connectivity index is 1.85. The summed E-state index contributed by atoms with van der Waals surface area (Å²) in [5, 5.41) is 0. The lowest BCUT2D eigenvalue weighted by molar-refractivity contribution is -0.114. The van der Waals surface area contributed by atoms with Gasteiger partial charge in [0.1, 0.15) is 5.75 Å². The molecule has 1 aliphatic heterocycles. The molecule has 2 bridgehead atoms. The number of piperidine rings is 1. The molecule has 3 aliphatic rings. The van der Waals surface area contributed by atoms with Crippen LogP contribution in [0.15, 0.2) is 53.3 Å². The van der Waals surface area contributed by atoms with Crippen LogP contribution in [0, 0.1) is 0 Å². The summed E-state index contributed by atoms with van der Waals surface area (Å²) in [5.74, 6) is 1.31. The molecular formula is C23H27NO3. The van der Waals surface area contributed by atoms with E-state index in [1.54, 1.807) is 14.2 Å². The molecule has 1 aromatic rings. The van der Waals surface area contributed by atoms with Gasteiger partial charge in [0.25, 0.3) is 0 Å². The van der Waals surface area contributed by atoms with Gasteiger partial charge in [-0.05, 0) is 67.7 Å². The molecule has 0 amide bonds. The molecular weight excluding hydrogens is 338 g/mol. The van der Waals surface area contributed by atoms with E-state index < -0.39 is 0 Å². The number of fused-ring (bicyclic) bond motifs is 2. The van der Waals surface area contributed by atoms with Crippen molar-refractivity contribution in [2.75, 3.05) is 27.3 Å². The van der Waals surface area contributed by atoms with Gasteiger partial charge in [0.15, 0.2) is 5.76 Å². The second-order valence-corrected chi connectivity index (χ2v) is 8.01. The van der Waals surface area contributed by atoms with E-state index in [-0.39, 0.29) is 11.2 Å². The zero-order valence-electron chi connectivity index (χ0n) is 16.5. The molecule has 1 aromatic carbocycles. The van der Waals surface area contributed by atoms with E-state index >= 15 is 0 Å². The van der Waals surface area contributed by atoms with Gasteiger partial charge in [0.2, 0.25) is 5.78 Å². The van der Waals surface area contributed by atoms with Gasteiger partial charge in [0, 0.05) is 24.5 Å². The summed E-state index contributed by atoms with van der Waals surface area (Å²) in [6.45, 7) is 5.99. The number of ketones is 1. The number of nitrogens with zero attached hydrogens (tertiary/aromatic N) is 1. The van der Waals surface area contributed by atoms with E-state index in [4.69, 9.17) is 9.47 Å². The zero-order chi connectivity index (χ0) is 19.2. The van der Waals surface area contributed by atoms with E-state index in [0.717, 1.165) is 31.7 Å². The number of ether oxygens (including phenoxy) is 2. The van der Waals surface area contributed by atoms with E-state index in [1.807, 2.05) is 12.1 Å². The normalized spacial score (nSPS) is 26.4. The Morgan fingerprint density at radius 2 is 2.11 bits per heavy atom. The lowest BCUT2D eigenvalue weighted by atomic mass is 9.59. The number of allylic oxidation sites excluding steroid dienone is 3. The predicted molar refractivity (Wildman–Crippen MR) is 106 cm³/mol. The molecule has 1 heterocycles. The largest absolute Gasteiger partial charge is 0.497 e. The minimum absolute atomic E-state index is 0.0284. The van der Waals surface area contributed by atoms with Crippen LogP contribution in [0.25, 0.3) is 0 Å². The van der Waals surface area contributed by atoms with Crippen LogP contribution in [0.2, 0.25) is 0 Å². The molecule has 0 aromatic heterocycles. The van der Waals surface area contributed by atoms with Crippen molar-refractivity contribution in [3.63, 3.8) is 0 Å². The van der Waals surface area contributed by atoms with E-state index in [2.05, 4.69) is 43.0 Å². The van der Waals surface area contributed by atoms with Crippen molar-refractivity contribution in [1.82, 2.24) is 4.90 Å². The van der Waals surface area contributed by atoms with E-state index in [9.17, 15) is 4.79 Å². The first kappa shape index (κ1) is 18.1. The first-order valence-electron chi connectivity index (χ1n) is 9.54. The van der Waals surface area contributed by atoms with Crippen LogP contribution in [0.3, 0.4) is 0 Å². The SMILES string of the molecule is COC1=CC23CC(Cc4cc(OC)ccc42)N(CC=C(C)C)CC3=CC1=O. The third-order valence-electron chi connectivity index (χ3n) is 6.15. The number of likely N-dealkylation sites (tertiary alicyclic amines) is 1. The van der Waals surface area contributed by atoms with Crippen molar-refractivity contribution < 1.29 is 14.3 Å². The summed E-state index contributed by atoms with van der Waals surface area (Å²) in [7, 11) is 3.29. The number of carbonyl (C=O) groups is 1. The summed E-state index contributed by atoms with van der Waals surface area (Å²) < 4.78 is 10.9. The molecule has 4 nitrogen and oxygen atoms in total. The Morgan fingerprint density at radius 3 is 2.81 bits per heavy atom. The Hall–Kier alpha value is -2.33. The molecule has 142 valence electrons. The Bertz CT molecular complexity index is 876. The van der Waals surface area contributed by atoms with E-state index in [1.165, 1.54) is 22.3 Å². The van der Waals surface area contributed by atoms with Gasteiger partial charge in [-0.3, -0.25) is 9.69 Å². The third-order valence-corrected chi connectivity index (χ3v) is 6.15. The second-order valence-electron chi connectivity index (χ2n) is 8.01. The monoisotopic (exact) mass is 365 g/mol. The molecule has 2 atom stereocenters. The van der Waals surface area contributed by atoms with E-state index in [0.29, 0.717) is 11.8 Å². The summed E-state index contributed by atoms with van der Waals surface area (Å²) in [6, 6.07) is 6.78. The highest BCUT2D eigenvalue weighted by molar-refractivity contribution is 6.05. The lowest BCUT2D eigenvalue weighted by Crippen LogP contribution is -2.55. The molecule has 1 saturated heterocycles. The van der Waals surface area contributed by atoms with Gasteiger partial charge in [-0.15, -0.1) is 0 Å². The number of hydrogen-bond acceptors (Lipinski definition) is 4. The Morgan fingerprint density at radius 1 is 1.30 bits per heavy atom. The molecule has 0 radical (unpaired) electrons. The van der Waals surface area contributed by atoms with Gasteiger partial charge in [-0.2, -0.15) is 0 Å². The van der Waals surface area contributed by atoms with Gasteiger partial charge in [-0.1, -0.05) is 17.7 Å². The summed E-state index contributed by atoms with van der Waals surface area (Å²) in [5.41, 5.74) is 4.84. The Labute approximate surface area is 161 Å². The van der Waals surface area contributed by atoms with Crippen LogP contribution < -0.4 is 4.74 Å². The van der Waals surface area contributed by atoms with Crippen LogP contribution in [0.4, 0.5) is 0 Å². The van der Waals surface area contributed by atoms with Gasteiger partial charge in [0.05, 0.1) is 14.2 Å². The molecule has 4 heteroatoms. The lowest BCUT2D eigenvalue weighted by Gasteiger charge is -2.52. The average Bonchev–Trinajstić information content (AvgIpc) is 2.66. The smallest absolute Gasteiger partial charge is 0.220 e. The summed E-state index contributed by atoms with van der Waals surface area (Å²) in [4.78, 5) is 15.0. The summed E-state index contributed by atoms with van der Waals surface area (Å²) in [6.07, 6.45) is 8.14. The average molecular weight is 365 g/mol. The predicted octanol–water partition coefficient (Wildman–Crippen LogP) is 3.57. The molecule has 2 unspecified atom stereocenters. The number of methoxy groups -OCH3 is 2. The quantitative estimate of drug-likeness (QED) is 0.765. The van der Waals surface area contributed by atoms with Gasteiger partial charge in [-0.25, -0.2) is 0 Å². The third kappa shape index (κ3) is 2.92. The maximum atomic E-state index is 12.5. The highest BCUT2D eigenvalue weighted by Gasteiger charge is 2.49. The van der Waals surface area contributed by atoms with Crippen molar-refractivity contribution >= 4 is 5.78 Å². The first-order chi connectivity index (χ1) is 13.0. The second kappa shape index (κ2) is 6.68. The highest BCUT2D eigenvalue weighted by atomic mass is 16.5. The topological polar surface area (TPSA) is 38.8 Å². The van der Waals surface area contributed by atoms with Gasteiger partial charge >= 0.3 is 0 Å². The van der Waals surface area contributed by atoms with Crippen molar-refractivity contribution in [3.05, 3.63) is 64.5 Å². The van der Waals surface area contributed by atoms with Crippen molar-refractivity contribution in [3.8, 4) is 5.75 Å². The van der Waals surface area contributed by atoms with Crippen molar-refractivity contribution in [2.45, 2.75) is 38.1 Å². The van der Waals surface area contributed by atoms with Crippen molar-refractivity contribution in [1.29, 1.82) is 0 Å². The number of benzene rings is 1. The molecule has 2 aliphatic carbocycles. The minimum atomic E-state index is -0.245. The van der Waals surface area contributed by atoms with Crippen LogP contribution in [-0.2, 0) is 21.4 Å². The van der Waals surface area contributed by atoms with Crippen LogP contribution in [0.1, 0.15) is 31.4 Å². The maximum absolute atomic E-state index is 12.5. The summed E-state index contributed by atoms with van der Waals surface area (Å²) >= 11 is 0. The van der Waals surface area contributed by atoms with Gasteiger partial charge < -0.3 is 9.47 Å². The minimum Gasteiger partial charge on any atom is -0.497 e. The standard InChI is InChI=1S/C23H27NO3/c1-15(2)7-8-24-14-17-11-21(25)22(27-4)13-23(17)12-18(24)9-16-10-19(26-3)5-6-20(16)23/h5-7,10-11,13,18H,8-9,12,14H2,1-4H3. The molecule has 0 saturated carbocycles. The molecule has 4 rings (SSSR count).